The normalized spacial score (nSPS) is 15.4. The molecule has 1 saturated heterocycles. The van der Waals surface area contributed by atoms with Gasteiger partial charge in [0.2, 0.25) is 5.91 Å². The van der Waals surface area contributed by atoms with Gasteiger partial charge in [0.15, 0.2) is 0 Å². The average molecular weight is 247 g/mol. The number of rotatable bonds is 4. The van der Waals surface area contributed by atoms with Crippen molar-refractivity contribution in [2.24, 2.45) is 5.73 Å². The van der Waals surface area contributed by atoms with Gasteiger partial charge >= 0.3 is 0 Å². The van der Waals surface area contributed by atoms with E-state index >= 15 is 0 Å². The Balaban J connectivity index is 0.00000106. The van der Waals surface area contributed by atoms with Crippen LogP contribution >= 0.6 is 9.39 Å². The number of amides is 1. The highest BCUT2D eigenvalue weighted by Gasteiger charge is 2.17. The fourth-order valence-electron chi connectivity index (χ4n) is 1.32. The largest absolute Gasteiger partial charge is 0.378 e. The first-order valence-corrected chi connectivity index (χ1v) is 5.79. The van der Waals surface area contributed by atoms with Crippen LogP contribution in [-0.4, -0.2) is 61.9 Å². The summed E-state index contributed by atoms with van der Waals surface area (Å²) in [5.41, 5.74) is 4.50. The smallest absolute Gasteiger partial charge is 0.237 e. The van der Waals surface area contributed by atoms with Crippen molar-refractivity contribution < 1.29 is 9.53 Å². The lowest BCUT2D eigenvalue weighted by molar-refractivity contribution is -0.135. The third-order valence-corrected chi connectivity index (χ3v) is 2.46. The molecule has 1 unspecified atom stereocenters. The van der Waals surface area contributed by atoms with Gasteiger partial charge in [-0.15, -0.1) is 6.58 Å². The minimum atomic E-state index is 0.158. The summed E-state index contributed by atoms with van der Waals surface area (Å²) < 4.78 is 7.04. The van der Waals surface area contributed by atoms with E-state index in [1.807, 2.05) is 9.57 Å². The van der Waals surface area contributed by atoms with Crippen LogP contribution in [0.1, 0.15) is 0 Å². The molecule has 1 heterocycles. The van der Waals surface area contributed by atoms with Gasteiger partial charge in [-0.25, -0.2) is 0 Å². The molecule has 6 heteroatoms. The Morgan fingerprint density at radius 2 is 2.12 bits per heavy atom. The van der Waals surface area contributed by atoms with Crippen LogP contribution in [0.5, 0.6) is 0 Å². The average Bonchev–Trinajstić information content (AvgIpc) is 2.33. The van der Waals surface area contributed by atoms with E-state index in [4.69, 9.17) is 4.74 Å². The van der Waals surface area contributed by atoms with Gasteiger partial charge < -0.3 is 15.4 Å². The predicted molar refractivity (Wildman–Crippen MR) is 69.0 cm³/mol. The number of hydrogen-bond donors (Lipinski definition) is 1. The zero-order valence-corrected chi connectivity index (χ0v) is 11.0. The summed E-state index contributed by atoms with van der Waals surface area (Å²) in [5, 5.41) is 0. The molecule has 0 aromatic rings. The zero-order chi connectivity index (χ0) is 12.4. The van der Waals surface area contributed by atoms with Crippen molar-refractivity contribution in [1.82, 2.24) is 9.57 Å². The molecule has 1 aliphatic rings. The van der Waals surface area contributed by atoms with E-state index in [0.717, 1.165) is 0 Å². The standard InChI is InChI=1S/C9H17N2O2P.CH5N/c1-2-3-11(14)8-9(12)10-4-6-13-7-5-10;1-2/h2H,1,3-8,14H2;2H2,1H3. The molecule has 1 atom stereocenters. The molecule has 1 fully saturated rings. The second-order valence-electron chi connectivity index (χ2n) is 3.21. The van der Waals surface area contributed by atoms with Crippen molar-refractivity contribution in [1.29, 1.82) is 0 Å². The van der Waals surface area contributed by atoms with E-state index < -0.39 is 0 Å². The van der Waals surface area contributed by atoms with Crippen molar-refractivity contribution in [3.8, 4) is 0 Å². The maximum Gasteiger partial charge on any atom is 0.237 e. The minimum absolute atomic E-state index is 0.158. The number of carbonyl (C=O) groups is 1. The number of nitrogens with two attached hydrogens (primary N) is 1. The lowest BCUT2D eigenvalue weighted by atomic mass is 10.4. The summed E-state index contributed by atoms with van der Waals surface area (Å²) in [6.45, 7) is 7.50. The predicted octanol–water partition coefficient (Wildman–Crippen LogP) is -0.302. The third-order valence-electron chi connectivity index (χ3n) is 2.07. The Bertz CT molecular complexity index is 208. The van der Waals surface area contributed by atoms with Crippen LogP contribution in [-0.2, 0) is 9.53 Å². The molecule has 16 heavy (non-hydrogen) atoms. The lowest BCUT2D eigenvalue weighted by Gasteiger charge is -2.28. The molecular formula is C10H22N3O2P. The van der Waals surface area contributed by atoms with Gasteiger partial charge in [-0.3, -0.25) is 9.46 Å². The van der Waals surface area contributed by atoms with Gasteiger partial charge in [0.25, 0.3) is 0 Å². The van der Waals surface area contributed by atoms with Crippen molar-refractivity contribution in [3.05, 3.63) is 12.7 Å². The minimum Gasteiger partial charge on any atom is -0.378 e. The van der Waals surface area contributed by atoms with Gasteiger partial charge in [-0.2, -0.15) is 0 Å². The monoisotopic (exact) mass is 247 g/mol. The highest BCUT2D eigenvalue weighted by Crippen LogP contribution is 2.02. The van der Waals surface area contributed by atoms with Crippen LogP contribution in [0.3, 0.4) is 0 Å². The molecule has 1 rings (SSSR count). The van der Waals surface area contributed by atoms with Crippen LogP contribution in [0.25, 0.3) is 0 Å². The van der Waals surface area contributed by atoms with Crippen LogP contribution in [0.15, 0.2) is 12.7 Å². The van der Waals surface area contributed by atoms with Crippen molar-refractivity contribution in [3.63, 3.8) is 0 Å². The Morgan fingerprint density at radius 3 is 2.62 bits per heavy atom. The van der Waals surface area contributed by atoms with Gasteiger partial charge in [0, 0.05) is 19.6 Å². The molecule has 0 spiro atoms. The third kappa shape index (κ3) is 6.18. The Hall–Kier alpha value is -0.480. The van der Waals surface area contributed by atoms with E-state index in [0.29, 0.717) is 39.4 Å². The fraction of sp³-hybridized carbons (Fsp3) is 0.700. The molecule has 0 bridgehead atoms. The molecule has 2 N–H and O–H groups in total. The number of hydrogen-bond acceptors (Lipinski definition) is 4. The van der Waals surface area contributed by atoms with Crippen LogP contribution in [0.4, 0.5) is 0 Å². The summed E-state index contributed by atoms with van der Waals surface area (Å²) in [4.78, 5) is 13.5. The van der Waals surface area contributed by atoms with Gasteiger partial charge in [0.05, 0.1) is 19.8 Å². The number of ether oxygens (including phenoxy) is 1. The number of nitrogens with zero attached hydrogens (tertiary/aromatic N) is 2. The maximum atomic E-state index is 11.7. The molecule has 94 valence electrons. The first-order valence-electron chi connectivity index (χ1n) is 5.28. The molecule has 0 aliphatic carbocycles. The SMILES string of the molecule is C=CCN(P)CC(=O)N1CCOCC1.CN. The van der Waals surface area contributed by atoms with E-state index in [1.165, 1.54) is 7.05 Å². The van der Waals surface area contributed by atoms with E-state index in [2.05, 4.69) is 21.7 Å². The molecule has 0 aromatic heterocycles. The van der Waals surface area contributed by atoms with Gasteiger partial charge in [-0.05, 0) is 7.05 Å². The summed E-state index contributed by atoms with van der Waals surface area (Å²) in [5.74, 6) is 0.158. The molecule has 5 nitrogen and oxygen atoms in total. The van der Waals surface area contributed by atoms with Crippen LogP contribution in [0.2, 0.25) is 0 Å². The molecule has 0 aromatic carbocycles. The molecule has 0 radical (unpaired) electrons. The molecular weight excluding hydrogens is 225 g/mol. The highest BCUT2D eigenvalue weighted by molar-refractivity contribution is 7.13. The summed E-state index contributed by atoms with van der Waals surface area (Å²) >= 11 is 0. The summed E-state index contributed by atoms with van der Waals surface area (Å²) in [6, 6.07) is 0. The lowest BCUT2D eigenvalue weighted by Crippen LogP contribution is -2.44. The second-order valence-corrected chi connectivity index (χ2v) is 3.94. The van der Waals surface area contributed by atoms with Gasteiger partial charge in [0.1, 0.15) is 0 Å². The summed E-state index contributed by atoms with van der Waals surface area (Å²) in [7, 11) is 4.03. The second kappa shape index (κ2) is 9.73. The summed E-state index contributed by atoms with van der Waals surface area (Å²) in [6.07, 6.45) is 1.78. The van der Waals surface area contributed by atoms with E-state index in [-0.39, 0.29) is 5.91 Å². The van der Waals surface area contributed by atoms with Crippen LogP contribution < -0.4 is 5.73 Å². The van der Waals surface area contributed by atoms with Crippen molar-refractivity contribution in [2.75, 3.05) is 46.4 Å². The first kappa shape index (κ1) is 15.5. The highest BCUT2D eigenvalue weighted by atomic mass is 31.0. The molecule has 1 amide bonds. The number of morpholine rings is 1. The maximum absolute atomic E-state index is 11.7. The Labute approximate surface area is 99.9 Å². The molecule has 0 saturated carbocycles. The quantitative estimate of drug-likeness (QED) is 0.547. The fourth-order valence-corrected chi connectivity index (χ4v) is 1.62. The molecule has 1 aliphatic heterocycles. The van der Waals surface area contributed by atoms with Crippen molar-refractivity contribution in [2.45, 2.75) is 0 Å². The zero-order valence-electron chi connectivity index (χ0n) is 9.89. The topological polar surface area (TPSA) is 58.8 Å². The van der Waals surface area contributed by atoms with Gasteiger partial charge in [-0.1, -0.05) is 15.5 Å². The Kier molecular flexibility index (Phi) is 9.43. The van der Waals surface area contributed by atoms with Crippen LogP contribution in [0, 0.1) is 0 Å². The van der Waals surface area contributed by atoms with E-state index in [1.54, 1.807) is 6.08 Å². The van der Waals surface area contributed by atoms with Crippen molar-refractivity contribution >= 4 is 15.3 Å². The Morgan fingerprint density at radius 1 is 1.56 bits per heavy atom. The first-order chi connectivity index (χ1) is 7.74. The van der Waals surface area contributed by atoms with E-state index in [9.17, 15) is 4.79 Å². The number of carbonyl (C=O) groups excluding carboxylic acids is 1.